The molecule has 184 valence electrons. The van der Waals surface area contributed by atoms with Crippen LogP contribution < -0.4 is 23.8 Å². The van der Waals surface area contributed by atoms with Gasteiger partial charge in [-0.15, -0.1) is 0 Å². The molecule has 1 aromatic heterocycles. The lowest BCUT2D eigenvalue weighted by atomic mass is 9.79. The number of pyridine rings is 1. The molecule has 0 spiro atoms. The van der Waals surface area contributed by atoms with Gasteiger partial charge in [0.1, 0.15) is 6.61 Å². The molecular weight excluding hydrogens is 464 g/mol. The van der Waals surface area contributed by atoms with Crippen molar-refractivity contribution in [3.05, 3.63) is 82.3 Å². The summed E-state index contributed by atoms with van der Waals surface area (Å²) >= 11 is 0. The summed E-state index contributed by atoms with van der Waals surface area (Å²) in [7, 11) is 3.07. The molecule has 3 aromatic rings. The average molecular weight is 488 g/mol. The molecule has 0 radical (unpaired) electrons. The van der Waals surface area contributed by atoms with Gasteiger partial charge in [0.2, 0.25) is 6.79 Å². The van der Waals surface area contributed by atoms with Gasteiger partial charge in [-0.1, -0.05) is 6.07 Å². The SMILES string of the molecule is COc1cc(C2C3=C(COC3=O)N(Cc3ccccn3)c3cc4c(cc32)OCO4)cc(CO)c1OC. The van der Waals surface area contributed by atoms with Crippen molar-refractivity contribution < 1.29 is 33.6 Å². The topological polar surface area (TPSA) is 99.6 Å². The second-order valence-electron chi connectivity index (χ2n) is 8.61. The quantitative estimate of drug-likeness (QED) is 0.524. The first-order valence-electron chi connectivity index (χ1n) is 11.5. The van der Waals surface area contributed by atoms with Crippen LogP contribution in [0.2, 0.25) is 0 Å². The van der Waals surface area contributed by atoms with Crippen LogP contribution in [-0.2, 0) is 22.7 Å². The first-order chi connectivity index (χ1) is 17.6. The number of hydrogen-bond acceptors (Lipinski definition) is 9. The molecule has 36 heavy (non-hydrogen) atoms. The van der Waals surface area contributed by atoms with E-state index in [-0.39, 0.29) is 26.0 Å². The van der Waals surface area contributed by atoms with Crippen molar-refractivity contribution in [3.8, 4) is 23.0 Å². The molecule has 3 aliphatic heterocycles. The molecule has 1 unspecified atom stereocenters. The number of carbonyl (C=O) groups is 1. The van der Waals surface area contributed by atoms with E-state index in [9.17, 15) is 9.90 Å². The highest BCUT2D eigenvalue weighted by Gasteiger charge is 2.43. The number of aromatic nitrogens is 1. The summed E-state index contributed by atoms with van der Waals surface area (Å²) < 4.78 is 28.0. The Hall–Kier alpha value is -4.24. The molecule has 0 aliphatic carbocycles. The third kappa shape index (κ3) is 3.43. The first-order valence-corrected chi connectivity index (χ1v) is 11.5. The Morgan fingerprint density at radius 1 is 1.08 bits per heavy atom. The van der Waals surface area contributed by atoms with Crippen molar-refractivity contribution in [2.75, 3.05) is 32.5 Å². The molecule has 0 saturated heterocycles. The third-order valence-corrected chi connectivity index (χ3v) is 6.74. The number of nitrogens with zero attached hydrogens (tertiary/aromatic N) is 2. The minimum Gasteiger partial charge on any atom is -0.493 e. The fourth-order valence-corrected chi connectivity index (χ4v) is 5.16. The molecule has 3 aliphatic rings. The summed E-state index contributed by atoms with van der Waals surface area (Å²) in [5.41, 5.74) is 5.19. The average Bonchev–Trinajstić information content (AvgIpc) is 3.53. The number of ether oxygens (including phenoxy) is 5. The molecule has 0 fully saturated rings. The zero-order chi connectivity index (χ0) is 24.8. The number of aliphatic hydroxyl groups excluding tert-OH is 1. The van der Waals surface area contributed by atoms with Gasteiger partial charge in [-0.25, -0.2) is 4.79 Å². The second-order valence-corrected chi connectivity index (χ2v) is 8.61. The molecule has 0 amide bonds. The third-order valence-electron chi connectivity index (χ3n) is 6.74. The number of rotatable bonds is 6. The Balaban J connectivity index is 1.59. The Morgan fingerprint density at radius 2 is 1.92 bits per heavy atom. The smallest absolute Gasteiger partial charge is 0.337 e. The minimum atomic E-state index is -0.482. The monoisotopic (exact) mass is 488 g/mol. The van der Waals surface area contributed by atoms with Gasteiger partial charge in [0.05, 0.1) is 44.3 Å². The van der Waals surface area contributed by atoms with Gasteiger partial charge in [0.15, 0.2) is 23.0 Å². The van der Waals surface area contributed by atoms with Crippen LogP contribution in [0.3, 0.4) is 0 Å². The van der Waals surface area contributed by atoms with E-state index in [0.29, 0.717) is 40.7 Å². The summed E-state index contributed by atoms with van der Waals surface area (Å²) in [6.45, 7) is 0.467. The van der Waals surface area contributed by atoms with Gasteiger partial charge in [0.25, 0.3) is 0 Å². The van der Waals surface area contributed by atoms with Gasteiger partial charge in [-0.2, -0.15) is 0 Å². The molecule has 6 rings (SSSR count). The molecule has 1 atom stereocenters. The number of esters is 1. The van der Waals surface area contributed by atoms with Crippen molar-refractivity contribution >= 4 is 11.7 Å². The number of cyclic esters (lactones) is 1. The van der Waals surface area contributed by atoms with Gasteiger partial charge in [-0.05, 0) is 41.5 Å². The summed E-state index contributed by atoms with van der Waals surface area (Å²) in [5.74, 6) is 1.29. The fourth-order valence-electron chi connectivity index (χ4n) is 5.16. The van der Waals surface area contributed by atoms with Crippen LogP contribution in [0.1, 0.15) is 28.3 Å². The van der Waals surface area contributed by atoms with Crippen LogP contribution in [-0.4, -0.2) is 43.7 Å². The largest absolute Gasteiger partial charge is 0.493 e. The maximum absolute atomic E-state index is 13.2. The minimum absolute atomic E-state index is 0.128. The van der Waals surface area contributed by atoms with Crippen LogP contribution in [0, 0.1) is 0 Å². The van der Waals surface area contributed by atoms with E-state index < -0.39 is 5.92 Å². The van der Waals surface area contributed by atoms with Gasteiger partial charge < -0.3 is 33.7 Å². The number of aliphatic hydroxyl groups is 1. The summed E-state index contributed by atoms with van der Waals surface area (Å²) in [5, 5.41) is 10.1. The highest BCUT2D eigenvalue weighted by molar-refractivity contribution is 5.98. The molecule has 9 nitrogen and oxygen atoms in total. The predicted octanol–water partition coefficient (Wildman–Crippen LogP) is 3.28. The lowest BCUT2D eigenvalue weighted by molar-refractivity contribution is -0.136. The van der Waals surface area contributed by atoms with Crippen LogP contribution in [0.15, 0.2) is 59.9 Å². The van der Waals surface area contributed by atoms with E-state index in [1.54, 1.807) is 13.3 Å². The molecule has 2 aromatic carbocycles. The van der Waals surface area contributed by atoms with Crippen LogP contribution in [0.4, 0.5) is 5.69 Å². The van der Waals surface area contributed by atoms with Gasteiger partial charge in [0, 0.05) is 29.4 Å². The Labute approximate surface area is 207 Å². The number of hydrogen-bond donors (Lipinski definition) is 1. The molecule has 4 heterocycles. The Bertz CT molecular complexity index is 1360. The maximum atomic E-state index is 13.2. The molecule has 1 N–H and O–H groups in total. The first kappa shape index (κ1) is 22.2. The van der Waals surface area contributed by atoms with E-state index in [2.05, 4.69) is 9.88 Å². The number of anilines is 1. The highest BCUT2D eigenvalue weighted by atomic mass is 16.7. The van der Waals surface area contributed by atoms with E-state index in [1.807, 2.05) is 42.5 Å². The number of carbonyl (C=O) groups excluding carboxylic acids is 1. The standard InChI is InChI=1S/C27H24N2O7/c1-32-23-8-15(7-16(12-30)26(23)33-2)24-18-9-21-22(36-14-35-21)10-19(18)29(11-17-5-3-4-6-28-17)20-13-34-27(31)25(20)24/h3-10,24,30H,11-14H2,1-2H3. The number of methoxy groups -OCH3 is 2. The van der Waals surface area contributed by atoms with E-state index in [4.69, 9.17) is 23.7 Å². The van der Waals surface area contributed by atoms with Crippen molar-refractivity contribution in [2.45, 2.75) is 19.1 Å². The van der Waals surface area contributed by atoms with Crippen LogP contribution in [0.25, 0.3) is 0 Å². The fraction of sp³-hybridized carbons (Fsp3) is 0.259. The van der Waals surface area contributed by atoms with Gasteiger partial charge >= 0.3 is 5.97 Å². The van der Waals surface area contributed by atoms with Crippen LogP contribution >= 0.6 is 0 Å². The predicted molar refractivity (Wildman–Crippen MR) is 128 cm³/mol. The molecule has 0 bridgehead atoms. The van der Waals surface area contributed by atoms with Gasteiger partial charge in [-0.3, -0.25) is 4.98 Å². The lowest BCUT2D eigenvalue weighted by Gasteiger charge is -2.36. The second kappa shape index (κ2) is 8.76. The lowest BCUT2D eigenvalue weighted by Crippen LogP contribution is -2.31. The molecular formula is C27H24N2O7. The van der Waals surface area contributed by atoms with E-state index >= 15 is 0 Å². The Morgan fingerprint density at radius 3 is 2.64 bits per heavy atom. The zero-order valence-electron chi connectivity index (χ0n) is 19.8. The van der Waals surface area contributed by atoms with E-state index in [0.717, 1.165) is 28.2 Å². The summed E-state index contributed by atoms with van der Waals surface area (Å²) in [6, 6.07) is 13.3. The van der Waals surface area contributed by atoms with Crippen molar-refractivity contribution in [2.24, 2.45) is 0 Å². The number of fused-ring (bicyclic) bond motifs is 2. The highest BCUT2D eigenvalue weighted by Crippen LogP contribution is 2.52. The van der Waals surface area contributed by atoms with Crippen molar-refractivity contribution in [1.82, 2.24) is 4.98 Å². The number of benzene rings is 2. The zero-order valence-corrected chi connectivity index (χ0v) is 19.8. The van der Waals surface area contributed by atoms with Crippen LogP contribution in [0.5, 0.6) is 23.0 Å². The van der Waals surface area contributed by atoms with Crippen molar-refractivity contribution in [3.63, 3.8) is 0 Å². The summed E-state index contributed by atoms with van der Waals surface area (Å²) in [4.78, 5) is 19.7. The summed E-state index contributed by atoms with van der Waals surface area (Å²) in [6.07, 6.45) is 1.74. The maximum Gasteiger partial charge on any atom is 0.337 e. The van der Waals surface area contributed by atoms with Crippen molar-refractivity contribution in [1.29, 1.82) is 0 Å². The normalized spacial score (nSPS) is 17.6. The Kier molecular flexibility index (Phi) is 5.41. The van der Waals surface area contributed by atoms with E-state index in [1.165, 1.54) is 7.11 Å². The molecule has 0 saturated carbocycles. The molecule has 9 heteroatoms.